The number of nitrogens with two attached hydrogens (primary N) is 2. The first-order chi connectivity index (χ1) is 63.9. The van der Waals surface area contributed by atoms with Crippen LogP contribution in [0.25, 0.3) is 0 Å². The van der Waals surface area contributed by atoms with Gasteiger partial charge < -0.3 is 96.5 Å². The van der Waals surface area contributed by atoms with Gasteiger partial charge in [-0.2, -0.15) is 0 Å². The molecule has 0 aliphatic carbocycles. The number of carbonyl (C=O) groups is 1. The molecule has 0 unspecified atom stereocenters. The number of nitrogens with zero attached hydrogens (tertiary/aromatic N) is 4. The molecule has 0 aromatic heterocycles. The van der Waals surface area contributed by atoms with Crippen LogP contribution in [-0.2, 0) is 84.1 Å². The molecular weight excluding hydrogens is 1920 g/mol. The molecule has 0 saturated heterocycles. The number of hydrogen-bond acceptors (Lipinski definition) is 24. The topological polar surface area (TPSA) is 378 Å². The summed E-state index contributed by atoms with van der Waals surface area (Å²) in [5, 5.41) is 3.94. The van der Waals surface area contributed by atoms with Gasteiger partial charge in [0.25, 0.3) is 40.1 Å². The van der Waals surface area contributed by atoms with Gasteiger partial charge in [-0.05, 0) is 179 Å². The van der Waals surface area contributed by atoms with E-state index >= 15 is 0 Å². The minimum atomic E-state index is -4.08. The Morgan fingerprint density at radius 1 is 0.348 bits per heavy atom. The molecule has 0 heterocycles. The zero-order chi connectivity index (χ0) is 98.3. The molecule has 30 nitrogen and oxygen atoms in total. The second kappa shape index (κ2) is 52.1. The first-order valence-electron chi connectivity index (χ1n) is 42.0. The average molecular weight is 2040 g/mol. The van der Waals surface area contributed by atoms with Crippen molar-refractivity contribution in [3.63, 3.8) is 0 Å². The minimum Gasteiger partial charge on any atom is -1.00 e. The van der Waals surface area contributed by atoms with Crippen molar-refractivity contribution < 1.29 is 118 Å². The zero-order valence-corrected chi connectivity index (χ0v) is 84.7. The highest BCUT2D eigenvalue weighted by Crippen LogP contribution is 2.46. The van der Waals surface area contributed by atoms with Gasteiger partial charge in [-0.25, -0.2) is 38.5 Å². The summed E-state index contributed by atoms with van der Waals surface area (Å²) in [4.78, 5) is 12.4. The van der Waals surface area contributed by atoms with E-state index in [0.29, 0.717) is 153 Å². The predicted molar refractivity (Wildman–Crippen MR) is 524 cm³/mol. The van der Waals surface area contributed by atoms with Gasteiger partial charge >= 0.3 is 6.09 Å². The molecule has 135 heavy (non-hydrogen) atoms. The van der Waals surface area contributed by atoms with Gasteiger partial charge in [0, 0.05) is 81.1 Å². The molecule has 8 N–H and O–H groups in total. The number of methoxy groups -OCH3 is 8. The third-order valence-electron chi connectivity index (χ3n) is 19.7. The molecule has 0 spiro atoms. The molecule has 0 aliphatic rings. The van der Waals surface area contributed by atoms with E-state index in [9.17, 15) is 38.5 Å². The molecule has 730 valence electrons. The Kier molecular flexibility index (Phi) is 42.7. The molecule has 0 bridgehead atoms. The number of quaternary nitrogens is 1. The lowest BCUT2D eigenvalue weighted by molar-refractivity contribution is -0.367. The molecular formula is C96H115Cl5N8O22S4. The van der Waals surface area contributed by atoms with Crippen LogP contribution in [0.1, 0.15) is 88.3 Å². The largest absolute Gasteiger partial charge is 1.00 e. The minimum absolute atomic E-state index is 0. The molecule has 11 aromatic rings. The van der Waals surface area contributed by atoms with Crippen molar-refractivity contribution in [3.8, 4) is 69.0 Å². The standard InChI is InChI=1S/C29H35ClN2O7S.2C24H27ClN2O5S.C19H25ClN2O5S.ClH/c1-7-38-22-12-14-23(15-13-22)40(34,35)32(25-17-26(36-5)24(30)16-27(25)37-6)19-21-10-8-20(9-11-21)18-31-28(33)39-29(2,3)4;1-4-32-19-9-11-20(12-10-19)33(28,29)27(16-18-7-5-17(15-26)6-8-18)22-14-23(30-2)21(25)13-24(22)31-3;1-4-32-19-8-10-20(11-9-19)33(28,29)27(16-18-7-5-6-17(12-18)15-26)22-14-23(30-2)21(25)13-24(22)31-3;1-4-27-14-6-8-15(9-7-14)28(23,24)22(11-5-10-21)17-13-18(25-2)16(20)12-19(17)26-3;/h8-17H,7,18-19H2,1-6H3,(H,31,33);2*5-14H,4,15-16,26H2,1-3H3;6-9,12-13H,4-5,10-11,21H2,1-3H3;1H. The van der Waals surface area contributed by atoms with Crippen molar-refractivity contribution in [2.45, 2.75) is 119 Å². The fourth-order valence-corrected chi connectivity index (χ4v) is 19.9. The third kappa shape index (κ3) is 29.8. The first kappa shape index (κ1) is 111. The Bertz CT molecular complexity index is 6170. The van der Waals surface area contributed by atoms with Crippen molar-refractivity contribution >= 4 is 115 Å². The Labute approximate surface area is 818 Å². The van der Waals surface area contributed by atoms with Crippen LogP contribution in [0.15, 0.2) is 238 Å². The maximum atomic E-state index is 14.0. The van der Waals surface area contributed by atoms with Gasteiger partial charge in [0.2, 0.25) is 0 Å². The first-order valence-corrected chi connectivity index (χ1v) is 49.3. The van der Waals surface area contributed by atoms with Crippen LogP contribution < -0.4 is 109 Å². The summed E-state index contributed by atoms with van der Waals surface area (Å²) in [6.07, 6.45) is 0.0534. The van der Waals surface area contributed by atoms with E-state index in [1.54, 1.807) is 106 Å². The van der Waals surface area contributed by atoms with Crippen LogP contribution in [0.5, 0.6) is 69.0 Å². The van der Waals surface area contributed by atoms with Crippen LogP contribution in [0.3, 0.4) is 0 Å². The van der Waals surface area contributed by atoms with Gasteiger partial charge in [-0.15, -0.1) is 0 Å². The van der Waals surface area contributed by atoms with Gasteiger partial charge in [0.1, 0.15) is 74.6 Å². The van der Waals surface area contributed by atoms with E-state index in [1.807, 2.05) is 88.4 Å². The molecule has 0 saturated carbocycles. The lowest BCUT2D eigenvalue weighted by atomic mass is 10.1. The number of ether oxygens (including phenoxy) is 13. The lowest BCUT2D eigenvalue weighted by Gasteiger charge is -2.27. The molecule has 0 fully saturated rings. The number of rotatable bonds is 41. The van der Waals surface area contributed by atoms with Crippen LogP contribution >= 0.6 is 46.4 Å². The highest BCUT2D eigenvalue weighted by molar-refractivity contribution is 7.93. The highest BCUT2D eigenvalue weighted by Gasteiger charge is 2.35. The normalized spacial score (nSPS) is 11.2. The maximum absolute atomic E-state index is 14.0. The Morgan fingerprint density at radius 2 is 0.607 bits per heavy atom. The quantitative estimate of drug-likeness (QED) is 0.0276. The number of alkyl carbamates (subject to hydrolysis) is 1. The van der Waals surface area contributed by atoms with E-state index in [2.05, 4.69) is 11.1 Å². The zero-order valence-electron chi connectivity index (χ0n) is 77.6. The molecule has 0 aliphatic heterocycles. The van der Waals surface area contributed by atoms with E-state index < -0.39 is 51.8 Å². The fraction of sp³-hybridized carbons (Fsp3) is 0.302. The van der Waals surface area contributed by atoms with Crippen molar-refractivity contribution in [3.05, 3.63) is 272 Å². The summed E-state index contributed by atoms with van der Waals surface area (Å²) in [5.41, 5.74) is 20.8. The van der Waals surface area contributed by atoms with Gasteiger partial charge in [0.05, 0.1) is 172 Å². The highest BCUT2D eigenvalue weighted by atomic mass is 35.5. The number of nitrogens with one attached hydrogen (secondary N) is 1. The van der Waals surface area contributed by atoms with Crippen molar-refractivity contribution in [1.29, 1.82) is 0 Å². The summed E-state index contributed by atoms with van der Waals surface area (Å²) in [6.45, 7) is 16.7. The van der Waals surface area contributed by atoms with Crippen molar-refractivity contribution in [2.24, 2.45) is 11.5 Å². The van der Waals surface area contributed by atoms with Crippen LogP contribution in [0, 0.1) is 0 Å². The van der Waals surface area contributed by atoms with Crippen LogP contribution in [0.4, 0.5) is 27.5 Å². The molecule has 0 radical (unpaired) electrons. The molecule has 39 heteroatoms. The maximum Gasteiger partial charge on any atom is 0.407 e. The molecule has 11 aromatic carbocycles. The average Bonchev–Trinajstić information content (AvgIpc) is 0.660. The van der Waals surface area contributed by atoms with E-state index in [4.69, 9.17) is 119 Å². The fourth-order valence-electron chi connectivity index (χ4n) is 13.1. The number of hydrogen-bond donors (Lipinski definition) is 4. The summed E-state index contributed by atoms with van der Waals surface area (Å²) in [6, 6.07) is 59.6. The van der Waals surface area contributed by atoms with E-state index in [0.717, 1.165) is 27.8 Å². The van der Waals surface area contributed by atoms with Crippen molar-refractivity contribution in [1.82, 2.24) is 5.32 Å². The second-order valence-electron chi connectivity index (χ2n) is 29.8. The number of carbonyl (C=O) groups excluding carboxylic acids is 1. The Balaban J connectivity index is 0.000000247. The number of sulfonamides is 4. The number of anilines is 4. The molecule has 0 atom stereocenters. The van der Waals surface area contributed by atoms with Gasteiger partial charge in [-0.1, -0.05) is 119 Å². The number of benzene rings is 11. The SMILES string of the molecule is CCOc1ccc(S(=O)(=O)N(CCC[NH3+])c2cc(OC)c(Cl)cc2OC)cc1.CCOc1ccc(S(=O)(=O)N(Cc2ccc(CN)cc2)c2cc(OC)c(Cl)cc2OC)cc1.CCOc1ccc(S(=O)(=O)N(Cc2ccc(CNC(=O)OC(C)(C)C)cc2)c2cc(OC)c(Cl)cc2OC)cc1.CCOc1ccc(S(=O)(=O)N(Cc2cccc(CN)c2)c2cc(OC)c(Cl)cc2OC)cc1.[Cl-]. The summed E-state index contributed by atoms with van der Waals surface area (Å²) in [5.74, 6) is 4.86. The smallest absolute Gasteiger partial charge is 0.407 e. The van der Waals surface area contributed by atoms with E-state index in [-0.39, 0.29) is 81.2 Å². The summed E-state index contributed by atoms with van der Waals surface area (Å²) >= 11 is 25.0. The summed E-state index contributed by atoms with van der Waals surface area (Å²) < 4.78 is 185. The Hall–Kier alpha value is -11.4. The second-order valence-corrected chi connectivity index (χ2v) is 38.9. The van der Waals surface area contributed by atoms with Crippen LogP contribution in [-0.4, -0.2) is 142 Å². The lowest BCUT2D eigenvalue weighted by Crippen LogP contribution is -3.00. The van der Waals surface area contributed by atoms with Crippen molar-refractivity contribution in [2.75, 3.05) is 114 Å². The van der Waals surface area contributed by atoms with Gasteiger partial charge in [0.15, 0.2) is 0 Å². The summed E-state index contributed by atoms with van der Waals surface area (Å²) in [7, 11) is -4.26. The van der Waals surface area contributed by atoms with E-state index in [1.165, 1.54) is 147 Å². The van der Waals surface area contributed by atoms with Gasteiger partial charge in [-0.3, -0.25) is 17.2 Å². The number of halogens is 5. The number of amides is 1. The monoisotopic (exact) mass is 2030 g/mol. The molecule has 1 amide bonds. The molecule has 11 rings (SSSR count). The Morgan fingerprint density at radius 3 is 0.874 bits per heavy atom. The van der Waals surface area contributed by atoms with Crippen LogP contribution in [0.2, 0.25) is 20.1 Å². The predicted octanol–water partition coefficient (Wildman–Crippen LogP) is 15.0. The third-order valence-corrected chi connectivity index (χ3v) is 28.0.